The van der Waals surface area contributed by atoms with Crippen LogP contribution in [0.4, 0.5) is 8.78 Å². The highest BCUT2D eigenvalue weighted by Gasteiger charge is 2.27. The highest BCUT2D eigenvalue weighted by molar-refractivity contribution is 5.94. The Bertz CT molecular complexity index is 525. The van der Waals surface area contributed by atoms with Crippen LogP contribution in [0.2, 0.25) is 0 Å². The quantitative estimate of drug-likeness (QED) is 0.894. The molecule has 0 aromatic heterocycles. The van der Waals surface area contributed by atoms with E-state index in [1.165, 1.54) is 0 Å². The third kappa shape index (κ3) is 3.31. The minimum Gasteiger partial charge on any atom is -0.481 e. The lowest BCUT2D eigenvalue weighted by atomic mass is 9.86. The Balaban J connectivity index is 1.94. The van der Waals surface area contributed by atoms with Crippen molar-refractivity contribution in [2.75, 3.05) is 0 Å². The van der Waals surface area contributed by atoms with Gasteiger partial charge in [-0.25, -0.2) is 8.78 Å². The minimum absolute atomic E-state index is 0.164. The van der Waals surface area contributed by atoms with Gasteiger partial charge in [0, 0.05) is 12.1 Å². The zero-order valence-corrected chi connectivity index (χ0v) is 10.7. The Hall–Kier alpha value is -1.98. The summed E-state index contributed by atoms with van der Waals surface area (Å²) in [6.45, 7) is 0. The summed E-state index contributed by atoms with van der Waals surface area (Å²) in [6, 6.07) is 2.63. The standard InChI is InChI=1S/C14H15F2NO3/c15-9-3-6-11(12(16)7-9)13(18)17-10-4-1-8(2-5-10)14(19)20/h3,6-8,10H,1-2,4-5H2,(H,17,18)(H,19,20). The zero-order valence-electron chi connectivity index (χ0n) is 10.7. The van der Waals surface area contributed by atoms with E-state index in [2.05, 4.69) is 5.32 Å². The van der Waals surface area contributed by atoms with E-state index in [4.69, 9.17) is 5.11 Å². The lowest BCUT2D eigenvalue weighted by Crippen LogP contribution is -2.39. The molecule has 0 unspecified atom stereocenters. The van der Waals surface area contributed by atoms with Gasteiger partial charge in [0.05, 0.1) is 11.5 Å². The number of halogens is 2. The van der Waals surface area contributed by atoms with Crippen molar-refractivity contribution in [1.29, 1.82) is 0 Å². The highest BCUT2D eigenvalue weighted by Crippen LogP contribution is 2.24. The Morgan fingerprint density at radius 1 is 1.15 bits per heavy atom. The number of carboxylic acids is 1. The Labute approximate surface area is 114 Å². The molecule has 20 heavy (non-hydrogen) atoms. The van der Waals surface area contributed by atoms with Gasteiger partial charge < -0.3 is 10.4 Å². The first-order chi connectivity index (χ1) is 9.47. The topological polar surface area (TPSA) is 66.4 Å². The Morgan fingerprint density at radius 3 is 2.35 bits per heavy atom. The van der Waals surface area contributed by atoms with Crippen molar-refractivity contribution >= 4 is 11.9 Å². The first kappa shape index (κ1) is 14.4. The molecule has 1 aliphatic carbocycles. The van der Waals surface area contributed by atoms with E-state index in [9.17, 15) is 18.4 Å². The second kappa shape index (κ2) is 5.98. The molecule has 1 aliphatic rings. The summed E-state index contributed by atoms with van der Waals surface area (Å²) in [4.78, 5) is 22.7. The van der Waals surface area contributed by atoms with Crippen molar-refractivity contribution in [2.45, 2.75) is 31.7 Å². The van der Waals surface area contributed by atoms with Crippen LogP contribution in [0.15, 0.2) is 18.2 Å². The van der Waals surface area contributed by atoms with Gasteiger partial charge in [-0.2, -0.15) is 0 Å². The number of carboxylic acid groups (broad SMARTS) is 1. The molecule has 6 heteroatoms. The van der Waals surface area contributed by atoms with Crippen LogP contribution in [-0.4, -0.2) is 23.0 Å². The average Bonchev–Trinajstić information content (AvgIpc) is 2.39. The largest absolute Gasteiger partial charge is 0.481 e. The predicted molar refractivity (Wildman–Crippen MR) is 67.2 cm³/mol. The summed E-state index contributed by atoms with van der Waals surface area (Å²) in [5.41, 5.74) is -0.202. The number of hydrogen-bond acceptors (Lipinski definition) is 2. The molecule has 2 N–H and O–H groups in total. The van der Waals surface area contributed by atoms with Crippen LogP contribution in [-0.2, 0) is 4.79 Å². The summed E-state index contributed by atoms with van der Waals surface area (Å²) in [6.07, 6.45) is 2.08. The van der Waals surface area contributed by atoms with Crippen molar-refractivity contribution in [3.05, 3.63) is 35.4 Å². The number of hydrogen-bond donors (Lipinski definition) is 2. The van der Waals surface area contributed by atoms with Crippen molar-refractivity contribution in [1.82, 2.24) is 5.32 Å². The number of amides is 1. The summed E-state index contributed by atoms with van der Waals surface area (Å²) < 4.78 is 26.2. The maximum atomic E-state index is 13.4. The van der Waals surface area contributed by atoms with Gasteiger partial charge in [0.25, 0.3) is 5.91 Å². The summed E-state index contributed by atoms with van der Waals surface area (Å²) >= 11 is 0. The minimum atomic E-state index is -0.901. The molecule has 0 bridgehead atoms. The molecule has 1 aromatic carbocycles. The molecule has 0 radical (unpaired) electrons. The second-order valence-electron chi connectivity index (χ2n) is 4.98. The van der Waals surface area contributed by atoms with Crippen molar-refractivity contribution < 1.29 is 23.5 Å². The van der Waals surface area contributed by atoms with Crippen molar-refractivity contribution in [3.8, 4) is 0 Å². The first-order valence-electron chi connectivity index (χ1n) is 6.46. The van der Waals surface area contributed by atoms with Crippen molar-refractivity contribution in [2.24, 2.45) is 5.92 Å². The molecular weight excluding hydrogens is 268 g/mol. The smallest absolute Gasteiger partial charge is 0.306 e. The highest BCUT2D eigenvalue weighted by atomic mass is 19.1. The SMILES string of the molecule is O=C(NC1CCC(C(=O)O)CC1)c1ccc(F)cc1F. The molecule has 0 atom stereocenters. The fourth-order valence-electron chi connectivity index (χ4n) is 2.42. The first-order valence-corrected chi connectivity index (χ1v) is 6.46. The van der Waals surface area contributed by atoms with E-state index in [1.54, 1.807) is 0 Å². The number of aliphatic carboxylic acids is 1. The van der Waals surface area contributed by atoms with Crippen LogP contribution in [0.25, 0.3) is 0 Å². The van der Waals surface area contributed by atoms with Gasteiger partial charge in [0.1, 0.15) is 11.6 Å². The monoisotopic (exact) mass is 283 g/mol. The molecule has 1 fully saturated rings. The van der Waals surface area contributed by atoms with Gasteiger partial charge in [-0.3, -0.25) is 9.59 Å². The maximum absolute atomic E-state index is 13.4. The van der Waals surface area contributed by atoms with Crippen LogP contribution in [0, 0.1) is 17.6 Å². The predicted octanol–water partition coefficient (Wildman–Crippen LogP) is 2.34. The van der Waals surface area contributed by atoms with Gasteiger partial charge in [0.2, 0.25) is 0 Å². The molecule has 1 saturated carbocycles. The Morgan fingerprint density at radius 2 is 1.80 bits per heavy atom. The van der Waals surface area contributed by atoms with Gasteiger partial charge in [0.15, 0.2) is 0 Å². The number of carbonyl (C=O) groups excluding carboxylic acids is 1. The Kier molecular flexibility index (Phi) is 4.32. The fourth-order valence-corrected chi connectivity index (χ4v) is 2.42. The van der Waals surface area contributed by atoms with Crippen LogP contribution in [0.3, 0.4) is 0 Å². The van der Waals surface area contributed by atoms with Gasteiger partial charge in [-0.15, -0.1) is 0 Å². The lowest BCUT2D eigenvalue weighted by Gasteiger charge is -2.26. The van der Waals surface area contributed by atoms with E-state index in [-0.39, 0.29) is 17.5 Å². The number of carbonyl (C=O) groups is 2. The third-order valence-corrected chi connectivity index (χ3v) is 3.59. The molecule has 4 nitrogen and oxygen atoms in total. The number of benzene rings is 1. The van der Waals surface area contributed by atoms with E-state index in [1.807, 2.05) is 0 Å². The summed E-state index contributed by atoms with van der Waals surface area (Å²) in [5, 5.41) is 11.5. The van der Waals surface area contributed by atoms with Gasteiger partial charge in [-0.05, 0) is 37.8 Å². The maximum Gasteiger partial charge on any atom is 0.306 e. The van der Waals surface area contributed by atoms with Gasteiger partial charge >= 0.3 is 5.97 Å². The molecule has 1 amide bonds. The van der Waals surface area contributed by atoms with Crippen LogP contribution in [0.5, 0.6) is 0 Å². The van der Waals surface area contributed by atoms with Crippen LogP contribution in [0.1, 0.15) is 36.0 Å². The molecule has 108 valence electrons. The molecular formula is C14H15F2NO3. The lowest BCUT2D eigenvalue weighted by molar-refractivity contribution is -0.142. The van der Waals surface area contributed by atoms with Crippen LogP contribution < -0.4 is 5.32 Å². The molecule has 0 aliphatic heterocycles. The normalized spacial score (nSPS) is 22.3. The van der Waals surface area contributed by atoms with Gasteiger partial charge in [-0.1, -0.05) is 0 Å². The van der Waals surface area contributed by atoms with Crippen molar-refractivity contribution in [3.63, 3.8) is 0 Å². The number of rotatable bonds is 3. The molecule has 1 aromatic rings. The fraction of sp³-hybridized carbons (Fsp3) is 0.429. The van der Waals surface area contributed by atoms with Crippen LogP contribution >= 0.6 is 0 Å². The summed E-state index contributed by atoms with van der Waals surface area (Å²) in [5.74, 6) is -3.42. The summed E-state index contributed by atoms with van der Waals surface area (Å²) in [7, 11) is 0. The second-order valence-corrected chi connectivity index (χ2v) is 4.98. The van der Waals surface area contributed by atoms with E-state index in [0.717, 1.165) is 12.1 Å². The molecule has 0 spiro atoms. The molecule has 0 saturated heterocycles. The van der Waals surface area contributed by atoms with E-state index >= 15 is 0 Å². The molecule has 0 heterocycles. The average molecular weight is 283 g/mol. The number of nitrogens with one attached hydrogen (secondary N) is 1. The van der Waals surface area contributed by atoms with E-state index < -0.39 is 23.5 Å². The zero-order chi connectivity index (χ0) is 14.7. The molecule has 2 rings (SSSR count). The third-order valence-electron chi connectivity index (χ3n) is 3.59. The van der Waals surface area contributed by atoms with E-state index in [0.29, 0.717) is 31.7 Å².